The molecule has 0 amide bonds. The van der Waals surface area contributed by atoms with Gasteiger partial charge >= 0.3 is 0 Å². The molecule has 0 radical (unpaired) electrons. The van der Waals surface area contributed by atoms with E-state index in [4.69, 9.17) is 5.73 Å². The van der Waals surface area contributed by atoms with Crippen LogP contribution in [-0.4, -0.2) is 0 Å². The first-order valence-corrected chi connectivity index (χ1v) is 5.91. The molecule has 3 heteroatoms. The first-order chi connectivity index (χ1) is 8.61. The lowest BCUT2D eigenvalue weighted by Crippen LogP contribution is -2.14. The van der Waals surface area contributed by atoms with E-state index in [2.05, 4.69) is 0 Å². The Hall–Kier alpha value is -1.74. The number of hydrogen-bond acceptors (Lipinski definition) is 1. The molecular weight excluding hydrogens is 232 g/mol. The van der Waals surface area contributed by atoms with Gasteiger partial charge in [0.2, 0.25) is 0 Å². The Morgan fingerprint density at radius 3 is 2.61 bits per heavy atom. The van der Waals surface area contributed by atoms with Gasteiger partial charge in [0.1, 0.15) is 11.6 Å². The van der Waals surface area contributed by atoms with Crippen molar-refractivity contribution in [2.75, 3.05) is 0 Å². The summed E-state index contributed by atoms with van der Waals surface area (Å²) in [5.41, 5.74) is 8.10. The molecule has 0 aliphatic rings. The zero-order chi connectivity index (χ0) is 13.1. The first kappa shape index (κ1) is 12.7. The van der Waals surface area contributed by atoms with E-state index in [0.29, 0.717) is 0 Å². The topological polar surface area (TPSA) is 26.0 Å². The lowest BCUT2D eigenvalue weighted by atomic mass is 9.97. The smallest absolute Gasteiger partial charge is 0.128 e. The Morgan fingerprint density at radius 1 is 1.11 bits per heavy atom. The van der Waals surface area contributed by atoms with Crippen molar-refractivity contribution in [2.45, 2.75) is 19.4 Å². The van der Waals surface area contributed by atoms with Crippen molar-refractivity contribution in [2.24, 2.45) is 5.73 Å². The van der Waals surface area contributed by atoms with Crippen LogP contribution in [0.5, 0.6) is 0 Å². The summed E-state index contributed by atoms with van der Waals surface area (Å²) in [5, 5.41) is 0. The van der Waals surface area contributed by atoms with Crippen LogP contribution in [0.4, 0.5) is 8.78 Å². The van der Waals surface area contributed by atoms with Gasteiger partial charge in [0.15, 0.2) is 0 Å². The minimum atomic E-state index is -0.646. The predicted octanol–water partition coefficient (Wildman–Crippen LogP) is 3.58. The van der Waals surface area contributed by atoms with Gasteiger partial charge in [0.25, 0.3) is 0 Å². The minimum Gasteiger partial charge on any atom is -0.320 e. The highest BCUT2D eigenvalue weighted by molar-refractivity contribution is 5.34. The Labute approximate surface area is 105 Å². The molecule has 0 aliphatic heterocycles. The number of halogens is 2. The lowest BCUT2D eigenvalue weighted by Gasteiger charge is -2.14. The lowest BCUT2D eigenvalue weighted by molar-refractivity contribution is 0.576. The third-order valence-corrected chi connectivity index (χ3v) is 3.01. The quantitative estimate of drug-likeness (QED) is 0.881. The zero-order valence-electron chi connectivity index (χ0n) is 10.2. The van der Waals surface area contributed by atoms with Crippen LogP contribution in [0.3, 0.4) is 0 Å². The van der Waals surface area contributed by atoms with E-state index in [0.717, 1.165) is 35.7 Å². The Bertz CT molecular complexity index is 552. The van der Waals surface area contributed by atoms with E-state index < -0.39 is 17.7 Å². The maximum Gasteiger partial charge on any atom is 0.128 e. The van der Waals surface area contributed by atoms with Gasteiger partial charge in [-0.05, 0) is 35.7 Å². The summed E-state index contributed by atoms with van der Waals surface area (Å²) < 4.78 is 26.8. The van der Waals surface area contributed by atoms with Crippen LogP contribution in [0.15, 0.2) is 42.5 Å². The summed E-state index contributed by atoms with van der Waals surface area (Å²) in [5.74, 6) is -0.959. The van der Waals surface area contributed by atoms with Crippen molar-refractivity contribution in [1.82, 2.24) is 0 Å². The molecule has 2 rings (SSSR count). The van der Waals surface area contributed by atoms with Crippen molar-refractivity contribution in [3.05, 3.63) is 70.8 Å². The summed E-state index contributed by atoms with van der Waals surface area (Å²) in [4.78, 5) is 0. The average molecular weight is 247 g/mol. The molecule has 1 nitrogen and oxygen atoms in total. The molecule has 94 valence electrons. The molecular formula is C15H15F2N. The van der Waals surface area contributed by atoms with Crippen LogP contribution in [0, 0.1) is 11.6 Å². The molecule has 18 heavy (non-hydrogen) atoms. The summed E-state index contributed by atoms with van der Waals surface area (Å²) in [6.07, 6.45) is 0.881. The first-order valence-electron chi connectivity index (χ1n) is 5.91. The van der Waals surface area contributed by atoms with Crippen LogP contribution in [0.1, 0.15) is 29.7 Å². The summed E-state index contributed by atoms with van der Waals surface area (Å²) in [6, 6.07) is 10.3. The normalized spacial score (nSPS) is 12.4. The van der Waals surface area contributed by atoms with E-state index >= 15 is 0 Å². The van der Waals surface area contributed by atoms with Gasteiger partial charge in [-0.25, -0.2) is 8.78 Å². The average Bonchev–Trinajstić information content (AvgIpc) is 2.41. The monoisotopic (exact) mass is 247 g/mol. The molecule has 0 spiro atoms. The van der Waals surface area contributed by atoms with Gasteiger partial charge < -0.3 is 5.73 Å². The largest absolute Gasteiger partial charge is 0.320 e. The van der Waals surface area contributed by atoms with Gasteiger partial charge in [-0.1, -0.05) is 31.2 Å². The Morgan fingerprint density at radius 2 is 1.89 bits per heavy atom. The molecule has 0 heterocycles. The Kier molecular flexibility index (Phi) is 3.72. The second-order valence-electron chi connectivity index (χ2n) is 4.24. The molecule has 0 aromatic heterocycles. The van der Waals surface area contributed by atoms with E-state index in [-0.39, 0.29) is 5.56 Å². The highest BCUT2D eigenvalue weighted by Gasteiger charge is 2.14. The SMILES string of the molecule is CCc1cccc(C(N)c2cc(F)ccc2F)c1. The molecule has 0 saturated carbocycles. The van der Waals surface area contributed by atoms with Crippen molar-refractivity contribution in [1.29, 1.82) is 0 Å². The molecule has 2 aromatic carbocycles. The zero-order valence-corrected chi connectivity index (χ0v) is 10.2. The van der Waals surface area contributed by atoms with E-state index in [1.165, 1.54) is 0 Å². The number of hydrogen-bond donors (Lipinski definition) is 1. The van der Waals surface area contributed by atoms with Crippen LogP contribution in [0.25, 0.3) is 0 Å². The third-order valence-electron chi connectivity index (χ3n) is 3.01. The molecule has 2 N–H and O–H groups in total. The van der Waals surface area contributed by atoms with Crippen LogP contribution < -0.4 is 5.73 Å². The minimum absolute atomic E-state index is 0.184. The summed E-state index contributed by atoms with van der Waals surface area (Å²) in [7, 11) is 0. The fraction of sp³-hybridized carbons (Fsp3) is 0.200. The van der Waals surface area contributed by atoms with Crippen LogP contribution in [-0.2, 0) is 6.42 Å². The summed E-state index contributed by atoms with van der Waals surface area (Å²) in [6.45, 7) is 2.04. The molecule has 1 atom stereocenters. The maximum atomic E-state index is 13.6. The van der Waals surface area contributed by atoms with Gasteiger partial charge in [-0.2, -0.15) is 0 Å². The van der Waals surface area contributed by atoms with E-state index in [9.17, 15) is 8.78 Å². The molecule has 1 unspecified atom stereocenters. The van der Waals surface area contributed by atoms with Crippen molar-refractivity contribution in [3.63, 3.8) is 0 Å². The number of nitrogens with two attached hydrogens (primary N) is 1. The van der Waals surface area contributed by atoms with Crippen LogP contribution in [0.2, 0.25) is 0 Å². The summed E-state index contributed by atoms with van der Waals surface area (Å²) >= 11 is 0. The molecule has 0 fully saturated rings. The van der Waals surface area contributed by atoms with E-state index in [1.54, 1.807) is 0 Å². The van der Waals surface area contributed by atoms with Crippen molar-refractivity contribution < 1.29 is 8.78 Å². The number of rotatable bonds is 3. The highest BCUT2D eigenvalue weighted by Crippen LogP contribution is 2.23. The third kappa shape index (κ3) is 2.57. The highest BCUT2D eigenvalue weighted by atomic mass is 19.1. The second-order valence-corrected chi connectivity index (χ2v) is 4.24. The predicted molar refractivity (Wildman–Crippen MR) is 68.2 cm³/mol. The van der Waals surface area contributed by atoms with Crippen LogP contribution >= 0.6 is 0 Å². The molecule has 2 aromatic rings. The number of benzene rings is 2. The Balaban J connectivity index is 2.40. The number of aryl methyl sites for hydroxylation is 1. The van der Waals surface area contributed by atoms with E-state index in [1.807, 2.05) is 31.2 Å². The maximum absolute atomic E-state index is 13.6. The fourth-order valence-electron chi connectivity index (χ4n) is 1.94. The molecule has 0 bridgehead atoms. The standard InChI is InChI=1S/C15H15F2N/c1-2-10-4-3-5-11(8-10)15(18)13-9-12(16)6-7-14(13)17/h3-9,15H,2,18H2,1H3. The second kappa shape index (κ2) is 5.27. The molecule has 0 aliphatic carbocycles. The van der Waals surface area contributed by atoms with Gasteiger partial charge in [-0.3, -0.25) is 0 Å². The van der Waals surface area contributed by atoms with Gasteiger partial charge in [0.05, 0.1) is 6.04 Å². The molecule has 0 saturated heterocycles. The fourth-order valence-corrected chi connectivity index (χ4v) is 1.94. The van der Waals surface area contributed by atoms with Crippen molar-refractivity contribution >= 4 is 0 Å². The van der Waals surface area contributed by atoms with Gasteiger partial charge in [-0.15, -0.1) is 0 Å². The van der Waals surface area contributed by atoms with Gasteiger partial charge in [0, 0.05) is 5.56 Å². The van der Waals surface area contributed by atoms with Crippen molar-refractivity contribution in [3.8, 4) is 0 Å².